The van der Waals surface area contributed by atoms with E-state index >= 15 is 0 Å². The highest BCUT2D eigenvalue weighted by Gasteiger charge is 2.16. The fraction of sp³-hybridized carbons (Fsp3) is 0.167. The number of aryl methyl sites for hydroxylation is 1. The topological polar surface area (TPSA) is 62.3 Å². The molecule has 0 atom stereocenters. The third-order valence-corrected chi connectivity index (χ3v) is 3.70. The molecule has 0 unspecified atom stereocenters. The van der Waals surface area contributed by atoms with Gasteiger partial charge in [0.1, 0.15) is 12.4 Å². The van der Waals surface area contributed by atoms with Crippen molar-refractivity contribution in [2.45, 2.75) is 6.61 Å². The average molecular weight is 309 g/mol. The maximum absolute atomic E-state index is 6.11. The van der Waals surface area contributed by atoms with Crippen LogP contribution in [0, 0.1) is 0 Å². The van der Waals surface area contributed by atoms with Gasteiger partial charge in [-0.3, -0.25) is 4.68 Å². The molecule has 0 aliphatic carbocycles. The van der Waals surface area contributed by atoms with Crippen LogP contribution >= 0.6 is 0 Å². The number of rotatable bonds is 5. The maximum atomic E-state index is 6.11. The summed E-state index contributed by atoms with van der Waals surface area (Å²) in [5.41, 5.74) is 8.89. The smallest absolute Gasteiger partial charge is 0.169 e. The first kappa shape index (κ1) is 15.0. The molecular weight excluding hydrogens is 290 g/mol. The number of anilines is 1. The van der Waals surface area contributed by atoms with Gasteiger partial charge in [0, 0.05) is 18.2 Å². The van der Waals surface area contributed by atoms with Crippen molar-refractivity contribution >= 4 is 5.82 Å². The van der Waals surface area contributed by atoms with Gasteiger partial charge in [-0.05, 0) is 11.6 Å². The van der Waals surface area contributed by atoms with Crippen LogP contribution < -0.4 is 15.2 Å². The van der Waals surface area contributed by atoms with Crippen LogP contribution in [-0.2, 0) is 13.7 Å². The third-order valence-electron chi connectivity index (χ3n) is 3.70. The molecule has 0 aliphatic heterocycles. The first-order chi connectivity index (χ1) is 11.2. The molecule has 5 heteroatoms. The Morgan fingerprint density at radius 1 is 1.04 bits per heavy atom. The van der Waals surface area contributed by atoms with Crippen molar-refractivity contribution in [3.63, 3.8) is 0 Å². The van der Waals surface area contributed by atoms with Gasteiger partial charge in [0.05, 0.1) is 13.3 Å². The molecule has 0 bridgehead atoms. The Hall–Kier alpha value is -2.95. The van der Waals surface area contributed by atoms with Crippen molar-refractivity contribution in [1.82, 2.24) is 9.78 Å². The van der Waals surface area contributed by atoms with Crippen LogP contribution in [0.25, 0.3) is 11.1 Å². The zero-order valence-electron chi connectivity index (χ0n) is 13.2. The minimum atomic E-state index is 0.453. The highest BCUT2D eigenvalue weighted by Crippen LogP contribution is 2.40. The van der Waals surface area contributed by atoms with E-state index in [9.17, 15) is 0 Å². The summed E-state index contributed by atoms with van der Waals surface area (Å²) in [6.07, 6.45) is 1.74. The van der Waals surface area contributed by atoms with Crippen LogP contribution in [0.3, 0.4) is 0 Å². The summed E-state index contributed by atoms with van der Waals surface area (Å²) >= 11 is 0. The van der Waals surface area contributed by atoms with Crippen molar-refractivity contribution < 1.29 is 9.47 Å². The van der Waals surface area contributed by atoms with Crippen molar-refractivity contribution in [3.8, 4) is 22.6 Å². The minimum Gasteiger partial charge on any atom is -0.493 e. The van der Waals surface area contributed by atoms with E-state index in [0.717, 1.165) is 16.7 Å². The molecule has 3 rings (SSSR count). The molecule has 2 aromatic carbocycles. The summed E-state index contributed by atoms with van der Waals surface area (Å²) in [6, 6.07) is 15.7. The number of nitrogens with two attached hydrogens (primary N) is 1. The predicted molar refractivity (Wildman–Crippen MR) is 90.4 cm³/mol. The lowest BCUT2D eigenvalue weighted by atomic mass is 10.1. The Kier molecular flexibility index (Phi) is 4.19. The normalized spacial score (nSPS) is 10.5. The molecule has 0 aliphatic rings. The molecule has 0 spiro atoms. The summed E-state index contributed by atoms with van der Waals surface area (Å²) in [7, 11) is 3.44. The Morgan fingerprint density at radius 2 is 1.83 bits per heavy atom. The molecule has 5 nitrogen and oxygen atoms in total. The van der Waals surface area contributed by atoms with Gasteiger partial charge in [0.25, 0.3) is 0 Å². The standard InChI is InChI=1S/C18H19N3O2/c1-21-18(19)15(11-20-21)14-9-6-10-16(22-2)17(14)23-12-13-7-4-3-5-8-13/h3-11H,12,19H2,1-2H3. The van der Waals surface area contributed by atoms with E-state index in [4.69, 9.17) is 15.2 Å². The zero-order chi connectivity index (χ0) is 16.2. The van der Waals surface area contributed by atoms with E-state index in [1.165, 1.54) is 0 Å². The second kappa shape index (κ2) is 6.44. The zero-order valence-corrected chi connectivity index (χ0v) is 13.2. The second-order valence-corrected chi connectivity index (χ2v) is 5.18. The largest absolute Gasteiger partial charge is 0.493 e. The predicted octanol–water partition coefficient (Wildman–Crippen LogP) is 3.26. The first-order valence-corrected chi connectivity index (χ1v) is 7.32. The maximum Gasteiger partial charge on any atom is 0.169 e. The van der Waals surface area contributed by atoms with E-state index in [1.54, 1.807) is 18.0 Å². The van der Waals surface area contributed by atoms with Gasteiger partial charge in [-0.1, -0.05) is 42.5 Å². The van der Waals surface area contributed by atoms with Gasteiger partial charge in [-0.2, -0.15) is 5.10 Å². The summed E-state index contributed by atoms with van der Waals surface area (Å²) < 4.78 is 13.1. The molecule has 2 N–H and O–H groups in total. The monoisotopic (exact) mass is 309 g/mol. The van der Waals surface area contributed by atoms with E-state index in [0.29, 0.717) is 23.9 Å². The number of hydrogen-bond donors (Lipinski definition) is 1. The van der Waals surface area contributed by atoms with Crippen LogP contribution in [0.15, 0.2) is 54.7 Å². The Bertz CT molecular complexity index is 797. The van der Waals surface area contributed by atoms with E-state index < -0.39 is 0 Å². The number of hydrogen-bond acceptors (Lipinski definition) is 4. The van der Waals surface area contributed by atoms with E-state index in [2.05, 4.69) is 5.10 Å². The van der Waals surface area contributed by atoms with Crippen LogP contribution in [0.1, 0.15) is 5.56 Å². The van der Waals surface area contributed by atoms with E-state index in [1.807, 2.05) is 55.6 Å². The number of para-hydroxylation sites is 1. The van der Waals surface area contributed by atoms with E-state index in [-0.39, 0.29) is 0 Å². The van der Waals surface area contributed by atoms with Gasteiger partial charge in [-0.15, -0.1) is 0 Å². The van der Waals surface area contributed by atoms with Crippen molar-refractivity contribution in [2.75, 3.05) is 12.8 Å². The lowest BCUT2D eigenvalue weighted by molar-refractivity contribution is 0.286. The molecule has 0 fully saturated rings. The molecule has 0 radical (unpaired) electrons. The molecule has 0 amide bonds. The summed E-state index contributed by atoms with van der Waals surface area (Å²) in [5.74, 6) is 1.92. The van der Waals surface area contributed by atoms with Crippen molar-refractivity contribution in [3.05, 3.63) is 60.3 Å². The molecule has 1 heterocycles. The molecule has 23 heavy (non-hydrogen) atoms. The quantitative estimate of drug-likeness (QED) is 0.786. The highest BCUT2D eigenvalue weighted by atomic mass is 16.5. The summed E-state index contributed by atoms with van der Waals surface area (Å²) in [5, 5.41) is 4.20. The summed E-state index contributed by atoms with van der Waals surface area (Å²) in [6.45, 7) is 0.453. The molecule has 3 aromatic rings. The van der Waals surface area contributed by atoms with Crippen LogP contribution in [-0.4, -0.2) is 16.9 Å². The number of aromatic nitrogens is 2. The van der Waals surface area contributed by atoms with Gasteiger partial charge in [0.15, 0.2) is 11.5 Å². The second-order valence-electron chi connectivity index (χ2n) is 5.18. The van der Waals surface area contributed by atoms with Gasteiger partial charge in [0.2, 0.25) is 0 Å². The molecule has 1 aromatic heterocycles. The van der Waals surface area contributed by atoms with Gasteiger partial charge >= 0.3 is 0 Å². The molecule has 0 saturated carbocycles. The SMILES string of the molecule is COc1cccc(-c2cnn(C)c2N)c1OCc1ccccc1. The lowest BCUT2D eigenvalue weighted by Gasteiger charge is -2.15. The summed E-state index contributed by atoms with van der Waals surface area (Å²) in [4.78, 5) is 0. The highest BCUT2D eigenvalue weighted by molar-refractivity contribution is 5.80. The Morgan fingerprint density at radius 3 is 2.48 bits per heavy atom. The average Bonchev–Trinajstić information content (AvgIpc) is 2.92. The lowest BCUT2D eigenvalue weighted by Crippen LogP contribution is -2.01. The van der Waals surface area contributed by atoms with Crippen LogP contribution in [0.5, 0.6) is 11.5 Å². The van der Waals surface area contributed by atoms with Crippen molar-refractivity contribution in [1.29, 1.82) is 0 Å². The van der Waals surface area contributed by atoms with Gasteiger partial charge in [-0.25, -0.2) is 0 Å². The molecular formula is C18H19N3O2. The number of nitrogen functional groups attached to an aromatic ring is 1. The fourth-order valence-electron chi connectivity index (χ4n) is 2.42. The van der Waals surface area contributed by atoms with Crippen LogP contribution in [0.2, 0.25) is 0 Å². The number of ether oxygens (including phenoxy) is 2. The molecule has 118 valence electrons. The number of nitrogens with zero attached hydrogens (tertiary/aromatic N) is 2. The Labute approximate surface area is 135 Å². The van der Waals surface area contributed by atoms with Crippen molar-refractivity contribution in [2.24, 2.45) is 7.05 Å². The number of benzene rings is 2. The Balaban J connectivity index is 1.98. The van der Waals surface area contributed by atoms with Crippen LogP contribution in [0.4, 0.5) is 5.82 Å². The first-order valence-electron chi connectivity index (χ1n) is 7.32. The van der Waals surface area contributed by atoms with Gasteiger partial charge < -0.3 is 15.2 Å². The fourth-order valence-corrected chi connectivity index (χ4v) is 2.42. The minimum absolute atomic E-state index is 0.453. The molecule has 0 saturated heterocycles. The number of methoxy groups -OCH3 is 1. The third kappa shape index (κ3) is 2.99.